The topological polar surface area (TPSA) is 130 Å². The van der Waals surface area contributed by atoms with Crippen LogP contribution in [0.4, 0.5) is 0 Å². The van der Waals surface area contributed by atoms with Gasteiger partial charge in [0.05, 0.1) is 17.4 Å². The highest BCUT2D eigenvalue weighted by atomic mass is 32.2. The van der Waals surface area contributed by atoms with Gasteiger partial charge < -0.3 is 24.0 Å². The molecule has 0 spiro atoms. The summed E-state index contributed by atoms with van der Waals surface area (Å²) in [7, 11) is -4.26. The molecule has 2 aromatic heterocycles. The third kappa shape index (κ3) is 4.67. The fourth-order valence-corrected chi connectivity index (χ4v) is 4.95. The Hall–Kier alpha value is -3.86. The number of carbonyl (C=O) groups is 3. The van der Waals surface area contributed by atoms with E-state index in [1.54, 1.807) is 18.2 Å². The van der Waals surface area contributed by atoms with Crippen LogP contribution in [0.15, 0.2) is 80.9 Å². The summed E-state index contributed by atoms with van der Waals surface area (Å²) in [6, 6.07) is 13.4. The maximum absolute atomic E-state index is 13.3. The number of sulfone groups is 1. The fraction of sp³-hybridized carbons (Fsp3) is 0.227. The first kappa shape index (κ1) is 22.3. The van der Waals surface area contributed by atoms with Crippen LogP contribution in [0.1, 0.15) is 21.1 Å². The lowest BCUT2D eigenvalue weighted by atomic mass is 10.2. The van der Waals surface area contributed by atoms with E-state index in [-0.39, 0.29) is 48.5 Å². The molecule has 1 saturated heterocycles. The Morgan fingerprint density at radius 3 is 1.94 bits per heavy atom. The zero-order valence-corrected chi connectivity index (χ0v) is 18.2. The van der Waals surface area contributed by atoms with Crippen molar-refractivity contribution in [3.8, 4) is 0 Å². The van der Waals surface area contributed by atoms with E-state index in [2.05, 4.69) is 5.32 Å². The Morgan fingerprint density at radius 1 is 0.788 bits per heavy atom. The van der Waals surface area contributed by atoms with E-state index < -0.39 is 27.0 Å². The molecule has 1 aliphatic rings. The summed E-state index contributed by atoms with van der Waals surface area (Å²) in [6.45, 7) is 0.580. The van der Waals surface area contributed by atoms with Gasteiger partial charge in [-0.3, -0.25) is 14.4 Å². The summed E-state index contributed by atoms with van der Waals surface area (Å²) in [5.74, 6) is -1.87. The van der Waals surface area contributed by atoms with Crippen molar-refractivity contribution < 1.29 is 31.6 Å². The van der Waals surface area contributed by atoms with Crippen LogP contribution < -0.4 is 5.32 Å². The normalized spacial score (nSPS) is 15.2. The van der Waals surface area contributed by atoms with Crippen LogP contribution in [0.5, 0.6) is 0 Å². The third-order valence-corrected chi connectivity index (χ3v) is 7.09. The minimum atomic E-state index is -4.26. The number of nitrogens with zero attached hydrogens (tertiary/aromatic N) is 2. The lowest BCUT2D eigenvalue weighted by molar-refractivity contribution is -0.132. The SMILES string of the molecule is O=C(NC(C(=O)N1CCN(C(=O)c2ccco2)CC1)S(=O)(=O)c1ccccc1)c1ccco1. The molecule has 1 aromatic carbocycles. The van der Waals surface area contributed by atoms with Crippen molar-refractivity contribution >= 4 is 27.6 Å². The van der Waals surface area contributed by atoms with E-state index in [0.29, 0.717) is 0 Å². The number of carbonyl (C=O) groups excluding carboxylic acids is 3. The highest BCUT2D eigenvalue weighted by Crippen LogP contribution is 2.18. The molecule has 1 N–H and O–H groups in total. The molecule has 172 valence electrons. The lowest BCUT2D eigenvalue weighted by Gasteiger charge is -2.36. The molecule has 4 rings (SSSR count). The number of benzene rings is 1. The molecule has 1 fully saturated rings. The Morgan fingerprint density at radius 2 is 1.36 bits per heavy atom. The molecule has 0 radical (unpaired) electrons. The molecule has 3 aromatic rings. The van der Waals surface area contributed by atoms with Crippen LogP contribution in [-0.2, 0) is 14.6 Å². The monoisotopic (exact) mass is 471 g/mol. The van der Waals surface area contributed by atoms with E-state index >= 15 is 0 Å². The largest absolute Gasteiger partial charge is 0.459 e. The van der Waals surface area contributed by atoms with Crippen LogP contribution in [0.3, 0.4) is 0 Å². The highest BCUT2D eigenvalue weighted by molar-refractivity contribution is 7.92. The molecule has 1 atom stereocenters. The zero-order valence-electron chi connectivity index (χ0n) is 17.4. The third-order valence-electron chi connectivity index (χ3n) is 5.22. The van der Waals surface area contributed by atoms with Crippen LogP contribution in [-0.4, -0.2) is 67.5 Å². The van der Waals surface area contributed by atoms with Gasteiger partial charge in [-0.05, 0) is 36.4 Å². The van der Waals surface area contributed by atoms with Gasteiger partial charge in [-0.25, -0.2) is 8.42 Å². The number of hydrogen-bond acceptors (Lipinski definition) is 7. The van der Waals surface area contributed by atoms with Gasteiger partial charge in [0.15, 0.2) is 11.5 Å². The molecule has 0 bridgehead atoms. The quantitative estimate of drug-likeness (QED) is 0.575. The average Bonchev–Trinajstić information content (AvgIpc) is 3.57. The second kappa shape index (κ2) is 9.33. The maximum atomic E-state index is 13.3. The first-order valence-electron chi connectivity index (χ1n) is 10.1. The van der Waals surface area contributed by atoms with Crippen molar-refractivity contribution in [1.82, 2.24) is 15.1 Å². The second-order valence-electron chi connectivity index (χ2n) is 7.28. The lowest BCUT2D eigenvalue weighted by Crippen LogP contribution is -2.57. The number of rotatable bonds is 6. The van der Waals surface area contributed by atoms with Crippen LogP contribution in [0.2, 0.25) is 0 Å². The second-order valence-corrected chi connectivity index (χ2v) is 9.32. The summed E-state index contributed by atoms with van der Waals surface area (Å²) >= 11 is 0. The molecular weight excluding hydrogens is 450 g/mol. The summed E-state index contributed by atoms with van der Waals surface area (Å²) in [4.78, 5) is 41.1. The number of amides is 3. The highest BCUT2D eigenvalue weighted by Gasteiger charge is 2.40. The van der Waals surface area contributed by atoms with Gasteiger partial charge in [0.2, 0.25) is 15.2 Å². The fourth-order valence-electron chi connectivity index (χ4n) is 3.47. The van der Waals surface area contributed by atoms with E-state index in [0.717, 1.165) is 0 Å². The molecule has 33 heavy (non-hydrogen) atoms. The minimum absolute atomic E-state index is 0.0999. The van der Waals surface area contributed by atoms with Gasteiger partial charge in [0, 0.05) is 26.2 Å². The molecule has 3 heterocycles. The molecule has 0 aliphatic carbocycles. The smallest absolute Gasteiger partial charge is 0.289 e. The van der Waals surface area contributed by atoms with Gasteiger partial charge >= 0.3 is 0 Å². The molecular formula is C22H21N3O7S. The van der Waals surface area contributed by atoms with Crippen molar-refractivity contribution in [3.63, 3.8) is 0 Å². The van der Waals surface area contributed by atoms with Crippen molar-refractivity contribution in [3.05, 3.63) is 78.6 Å². The van der Waals surface area contributed by atoms with Crippen molar-refractivity contribution in [2.75, 3.05) is 26.2 Å². The molecule has 10 nitrogen and oxygen atoms in total. The van der Waals surface area contributed by atoms with Crippen LogP contribution in [0, 0.1) is 0 Å². The van der Waals surface area contributed by atoms with Crippen molar-refractivity contribution in [2.24, 2.45) is 0 Å². The Labute approximate surface area is 189 Å². The summed E-state index contributed by atoms with van der Waals surface area (Å²) in [6.07, 6.45) is 2.67. The van der Waals surface area contributed by atoms with Gasteiger partial charge in [0.1, 0.15) is 0 Å². The predicted octanol–water partition coefficient (Wildman–Crippen LogP) is 1.39. The number of piperazine rings is 1. The van der Waals surface area contributed by atoms with Crippen molar-refractivity contribution in [1.29, 1.82) is 0 Å². The summed E-state index contributed by atoms with van der Waals surface area (Å²) in [5.41, 5.74) is 0. The average molecular weight is 471 g/mol. The van der Waals surface area contributed by atoms with Crippen LogP contribution >= 0.6 is 0 Å². The van der Waals surface area contributed by atoms with Gasteiger partial charge in [-0.2, -0.15) is 0 Å². The number of nitrogens with one attached hydrogen (secondary N) is 1. The number of hydrogen-bond donors (Lipinski definition) is 1. The Kier molecular flexibility index (Phi) is 6.31. The minimum Gasteiger partial charge on any atom is -0.459 e. The molecule has 1 unspecified atom stereocenters. The van der Waals surface area contributed by atoms with E-state index in [4.69, 9.17) is 8.83 Å². The Bertz CT molecular complexity index is 1210. The zero-order chi connectivity index (χ0) is 23.4. The first-order valence-corrected chi connectivity index (χ1v) is 11.7. The molecule has 0 saturated carbocycles. The molecule has 1 aliphatic heterocycles. The van der Waals surface area contributed by atoms with Gasteiger partial charge in [-0.1, -0.05) is 18.2 Å². The van der Waals surface area contributed by atoms with Gasteiger partial charge in [-0.15, -0.1) is 0 Å². The Balaban J connectivity index is 1.53. The number of furan rings is 2. The van der Waals surface area contributed by atoms with Gasteiger partial charge in [0.25, 0.3) is 17.7 Å². The van der Waals surface area contributed by atoms with Crippen molar-refractivity contribution in [2.45, 2.75) is 10.3 Å². The van der Waals surface area contributed by atoms with E-state index in [9.17, 15) is 22.8 Å². The maximum Gasteiger partial charge on any atom is 0.289 e. The summed E-state index contributed by atoms with van der Waals surface area (Å²) < 4.78 is 36.7. The van der Waals surface area contributed by atoms with E-state index in [1.165, 1.54) is 58.7 Å². The first-order chi connectivity index (χ1) is 15.9. The standard InChI is InChI=1S/C22H21N3O7S/c26-19(17-8-4-14-31-17)23-20(33(29,30)16-6-2-1-3-7-16)22(28)25-12-10-24(11-13-25)21(27)18-9-5-15-32-18/h1-9,14-15,20H,10-13H2,(H,23,26). The molecule has 3 amide bonds. The van der Waals surface area contributed by atoms with Crippen LogP contribution in [0.25, 0.3) is 0 Å². The predicted molar refractivity (Wildman–Crippen MR) is 115 cm³/mol. The summed E-state index contributed by atoms with van der Waals surface area (Å²) in [5, 5.41) is 0.448. The molecule has 11 heteroatoms. The van der Waals surface area contributed by atoms with E-state index in [1.807, 2.05) is 0 Å².